The summed E-state index contributed by atoms with van der Waals surface area (Å²) >= 11 is 0. The third-order valence-electron chi connectivity index (χ3n) is 2.63. The van der Waals surface area contributed by atoms with Gasteiger partial charge in [0.1, 0.15) is 17.7 Å². The Morgan fingerprint density at radius 2 is 2.08 bits per heavy atom. The van der Waals surface area contributed by atoms with Gasteiger partial charge < -0.3 is 15.0 Å². The standard InChI is InChI=1S/C13H14F5N3O3/c1-2-23-11(22)8(19)7-10(9-3-6-24-21-9)20-5-4-12(14,15)13(16,17)18/h3,6-7H,2,4-5,19H2,1H3. The lowest BCUT2D eigenvalue weighted by atomic mass is 10.2. The van der Waals surface area contributed by atoms with Crippen LogP contribution < -0.4 is 5.73 Å². The average Bonchev–Trinajstić information content (AvgIpc) is 2.99. The van der Waals surface area contributed by atoms with Crippen LogP contribution in [-0.4, -0.2) is 42.1 Å². The molecule has 2 N–H and O–H groups in total. The molecule has 0 saturated carbocycles. The van der Waals surface area contributed by atoms with E-state index in [1.165, 1.54) is 13.0 Å². The van der Waals surface area contributed by atoms with Crippen LogP contribution in [0.25, 0.3) is 0 Å². The molecule has 1 aromatic rings. The summed E-state index contributed by atoms with van der Waals surface area (Å²) in [5.74, 6) is -5.78. The molecule has 6 nitrogen and oxygen atoms in total. The highest BCUT2D eigenvalue weighted by Gasteiger charge is 2.56. The molecular formula is C13H14F5N3O3. The molecule has 134 valence electrons. The first-order chi connectivity index (χ1) is 11.1. The van der Waals surface area contributed by atoms with Crippen LogP contribution in [0.5, 0.6) is 0 Å². The van der Waals surface area contributed by atoms with Crippen LogP contribution in [0, 0.1) is 0 Å². The van der Waals surface area contributed by atoms with E-state index >= 15 is 0 Å². The van der Waals surface area contributed by atoms with Gasteiger partial charge in [0.05, 0.1) is 12.3 Å². The van der Waals surface area contributed by atoms with Gasteiger partial charge in [-0.25, -0.2) is 4.79 Å². The number of esters is 1. The molecule has 0 radical (unpaired) electrons. The zero-order valence-corrected chi connectivity index (χ0v) is 12.4. The minimum atomic E-state index is -5.67. The predicted molar refractivity (Wildman–Crippen MR) is 72.4 cm³/mol. The number of hydrogen-bond donors (Lipinski definition) is 1. The van der Waals surface area contributed by atoms with Gasteiger partial charge in [-0.15, -0.1) is 0 Å². The van der Waals surface area contributed by atoms with Gasteiger partial charge >= 0.3 is 18.1 Å². The highest BCUT2D eigenvalue weighted by Crippen LogP contribution is 2.37. The van der Waals surface area contributed by atoms with E-state index in [4.69, 9.17) is 5.73 Å². The number of hydrogen-bond acceptors (Lipinski definition) is 6. The molecule has 0 unspecified atom stereocenters. The summed E-state index contributed by atoms with van der Waals surface area (Å²) in [5, 5.41) is 3.47. The molecule has 0 saturated heterocycles. The van der Waals surface area contributed by atoms with Crippen LogP contribution in [0.1, 0.15) is 19.0 Å². The largest absolute Gasteiger partial charge is 0.461 e. The van der Waals surface area contributed by atoms with Crippen LogP contribution >= 0.6 is 0 Å². The molecular weight excluding hydrogens is 341 g/mol. The van der Waals surface area contributed by atoms with Gasteiger partial charge in [-0.2, -0.15) is 22.0 Å². The SMILES string of the molecule is CCOC(=O)C(N)=CC(=NCCC(F)(F)C(F)(F)F)c1ccon1. The summed E-state index contributed by atoms with van der Waals surface area (Å²) < 4.78 is 71.2. The van der Waals surface area contributed by atoms with Crippen molar-refractivity contribution in [2.24, 2.45) is 10.7 Å². The van der Waals surface area contributed by atoms with E-state index in [0.717, 1.165) is 12.3 Å². The van der Waals surface area contributed by atoms with Crippen molar-refractivity contribution in [3.05, 3.63) is 29.8 Å². The second kappa shape index (κ2) is 7.88. The highest BCUT2D eigenvalue weighted by atomic mass is 19.4. The Morgan fingerprint density at radius 3 is 2.58 bits per heavy atom. The average molecular weight is 355 g/mol. The number of aliphatic imine (C=N–C) groups is 1. The normalized spacial score (nSPS) is 13.9. The van der Waals surface area contributed by atoms with Crippen LogP contribution in [0.2, 0.25) is 0 Å². The molecule has 1 aromatic heterocycles. The third kappa shape index (κ3) is 5.32. The molecule has 24 heavy (non-hydrogen) atoms. The minimum absolute atomic E-state index is 0.0116. The first-order valence-electron chi connectivity index (χ1n) is 6.62. The van der Waals surface area contributed by atoms with Crippen molar-refractivity contribution in [2.75, 3.05) is 13.2 Å². The number of rotatable bonds is 7. The molecule has 0 aliphatic heterocycles. The molecule has 11 heteroatoms. The number of carbonyl (C=O) groups excluding carboxylic acids is 1. The van der Waals surface area contributed by atoms with Crippen molar-refractivity contribution >= 4 is 11.7 Å². The Kier molecular flexibility index (Phi) is 6.43. The van der Waals surface area contributed by atoms with Crippen molar-refractivity contribution < 1.29 is 36.0 Å². The van der Waals surface area contributed by atoms with E-state index in [1.807, 2.05) is 0 Å². The van der Waals surface area contributed by atoms with Gasteiger partial charge in [0.2, 0.25) is 0 Å². The molecule has 1 rings (SSSR count). The zero-order chi connectivity index (χ0) is 18.4. The number of alkyl halides is 5. The Labute approximate surface area is 133 Å². The van der Waals surface area contributed by atoms with Crippen molar-refractivity contribution in [1.29, 1.82) is 0 Å². The smallest absolute Gasteiger partial charge is 0.453 e. The van der Waals surface area contributed by atoms with Crippen LogP contribution in [0.15, 0.2) is 33.6 Å². The van der Waals surface area contributed by atoms with Gasteiger partial charge in [-0.05, 0) is 13.0 Å². The maximum Gasteiger partial charge on any atom is 0.453 e. The van der Waals surface area contributed by atoms with Gasteiger partial charge in [0, 0.05) is 19.0 Å². The summed E-state index contributed by atoms with van der Waals surface area (Å²) in [6.07, 6.45) is -5.15. The fourth-order valence-electron chi connectivity index (χ4n) is 1.42. The molecule has 1 heterocycles. The number of ether oxygens (including phenoxy) is 1. The molecule has 0 amide bonds. The first kappa shape index (κ1) is 19.6. The Bertz CT molecular complexity index is 609. The van der Waals surface area contributed by atoms with Crippen molar-refractivity contribution in [3.63, 3.8) is 0 Å². The lowest BCUT2D eigenvalue weighted by Gasteiger charge is -2.18. The molecule has 0 aromatic carbocycles. The fraction of sp³-hybridized carbons (Fsp3) is 0.462. The lowest BCUT2D eigenvalue weighted by Crippen LogP contribution is -2.37. The van der Waals surface area contributed by atoms with E-state index in [2.05, 4.69) is 19.4 Å². The lowest BCUT2D eigenvalue weighted by molar-refractivity contribution is -0.283. The summed E-state index contributed by atoms with van der Waals surface area (Å²) in [5.41, 5.74) is 4.86. The minimum Gasteiger partial charge on any atom is -0.461 e. The summed E-state index contributed by atoms with van der Waals surface area (Å²) in [6, 6.07) is 1.27. The van der Waals surface area contributed by atoms with E-state index in [9.17, 15) is 26.7 Å². The topological polar surface area (TPSA) is 90.7 Å². The predicted octanol–water partition coefficient (Wildman–Crippen LogP) is 2.46. The molecule has 0 fully saturated rings. The van der Waals surface area contributed by atoms with Gasteiger partial charge in [0.25, 0.3) is 0 Å². The third-order valence-corrected chi connectivity index (χ3v) is 2.63. The maximum absolute atomic E-state index is 12.9. The van der Waals surface area contributed by atoms with Crippen molar-refractivity contribution in [3.8, 4) is 0 Å². The number of nitrogens with zero attached hydrogens (tertiary/aromatic N) is 2. The monoisotopic (exact) mass is 355 g/mol. The van der Waals surface area contributed by atoms with E-state index < -0.39 is 36.7 Å². The maximum atomic E-state index is 12.9. The van der Waals surface area contributed by atoms with Gasteiger partial charge in [-0.3, -0.25) is 4.99 Å². The fourth-order valence-corrected chi connectivity index (χ4v) is 1.42. The molecule has 0 aliphatic carbocycles. The number of nitrogens with two attached hydrogens (primary N) is 1. The first-order valence-corrected chi connectivity index (χ1v) is 6.62. The molecule has 0 bridgehead atoms. The number of allylic oxidation sites excluding steroid dienone is 1. The quantitative estimate of drug-likeness (QED) is 0.351. The number of aromatic nitrogens is 1. The number of halogens is 5. The second-order valence-corrected chi connectivity index (χ2v) is 4.42. The Hall–Kier alpha value is -2.46. The van der Waals surface area contributed by atoms with E-state index in [0.29, 0.717) is 0 Å². The van der Waals surface area contributed by atoms with Crippen LogP contribution in [0.4, 0.5) is 22.0 Å². The van der Waals surface area contributed by atoms with Crippen LogP contribution in [-0.2, 0) is 9.53 Å². The summed E-state index contributed by atoms with van der Waals surface area (Å²) in [7, 11) is 0. The molecule has 0 spiro atoms. The summed E-state index contributed by atoms with van der Waals surface area (Å²) in [6.45, 7) is 0.708. The molecule has 0 aliphatic rings. The Balaban J connectivity index is 2.96. The molecule has 0 atom stereocenters. The van der Waals surface area contributed by atoms with Crippen molar-refractivity contribution in [1.82, 2.24) is 5.16 Å². The summed E-state index contributed by atoms with van der Waals surface area (Å²) in [4.78, 5) is 15.0. The highest BCUT2D eigenvalue weighted by molar-refractivity contribution is 6.10. The van der Waals surface area contributed by atoms with Gasteiger partial charge in [-0.1, -0.05) is 5.16 Å². The van der Waals surface area contributed by atoms with E-state index in [-0.39, 0.29) is 18.0 Å². The van der Waals surface area contributed by atoms with Crippen LogP contribution in [0.3, 0.4) is 0 Å². The number of carbonyl (C=O) groups is 1. The second-order valence-electron chi connectivity index (χ2n) is 4.42. The van der Waals surface area contributed by atoms with Gasteiger partial charge in [0.15, 0.2) is 0 Å². The van der Waals surface area contributed by atoms with Crippen molar-refractivity contribution in [2.45, 2.75) is 25.4 Å². The Morgan fingerprint density at radius 1 is 1.42 bits per heavy atom. The zero-order valence-electron chi connectivity index (χ0n) is 12.4. The van der Waals surface area contributed by atoms with E-state index in [1.54, 1.807) is 0 Å².